The highest BCUT2D eigenvalue weighted by Gasteiger charge is 2.15. The van der Waals surface area contributed by atoms with E-state index in [1.54, 1.807) is 6.20 Å². The van der Waals surface area contributed by atoms with Crippen molar-refractivity contribution in [2.24, 2.45) is 0 Å². The first-order valence-corrected chi connectivity index (χ1v) is 8.49. The van der Waals surface area contributed by atoms with E-state index in [1.165, 1.54) is 0 Å². The number of carbonyl (C=O) groups excluding carboxylic acids is 1. The number of nitrogens with one attached hydrogen (secondary N) is 1. The molecule has 3 rings (SSSR count). The van der Waals surface area contributed by atoms with Crippen molar-refractivity contribution in [3.8, 4) is 5.75 Å². The standard InChI is InChI=1S/C19H24N4O2/c1-15-5-3-4-6-17(15)25-14-19(24)21-16-7-8-18(20-13-16)23-11-9-22(2)10-12-23/h3-8,13H,9-12,14H2,1-2H3,(H,21,24). The third kappa shape index (κ3) is 4.70. The fourth-order valence-electron chi connectivity index (χ4n) is 2.74. The summed E-state index contributed by atoms with van der Waals surface area (Å²) in [7, 11) is 2.13. The van der Waals surface area contributed by atoms with Crippen LogP contribution in [0.5, 0.6) is 5.75 Å². The van der Waals surface area contributed by atoms with Gasteiger partial charge in [0.1, 0.15) is 11.6 Å². The predicted octanol–water partition coefficient (Wildman–Crippen LogP) is 2.16. The van der Waals surface area contributed by atoms with E-state index in [0.29, 0.717) is 5.69 Å². The lowest BCUT2D eigenvalue weighted by Gasteiger charge is -2.33. The van der Waals surface area contributed by atoms with Gasteiger partial charge in [0, 0.05) is 26.2 Å². The van der Waals surface area contributed by atoms with Crippen LogP contribution in [0, 0.1) is 6.92 Å². The molecule has 0 spiro atoms. The molecule has 1 aliphatic heterocycles. The number of nitrogens with zero attached hydrogens (tertiary/aromatic N) is 3. The average Bonchev–Trinajstić information content (AvgIpc) is 2.62. The molecular weight excluding hydrogens is 316 g/mol. The van der Waals surface area contributed by atoms with Crippen molar-refractivity contribution in [2.45, 2.75) is 6.92 Å². The van der Waals surface area contributed by atoms with Crippen molar-refractivity contribution >= 4 is 17.4 Å². The maximum absolute atomic E-state index is 12.0. The number of rotatable bonds is 5. The average molecular weight is 340 g/mol. The Morgan fingerprint density at radius 3 is 2.60 bits per heavy atom. The molecule has 2 aromatic rings. The van der Waals surface area contributed by atoms with Crippen LogP contribution in [0.1, 0.15) is 5.56 Å². The number of ether oxygens (including phenoxy) is 1. The summed E-state index contributed by atoms with van der Waals surface area (Å²) in [5, 5.41) is 2.82. The first-order chi connectivity index (χ1) is 12.1. The second-order valence-corrected chi connectivity index (χ2v) is 6.30. The van der Waals surface area contributed by atoms with Crippen molar-refractivity contribution < 1.29 is 9.53 Å². The zero-order chi connectivity index (χ0) is 17.6. The summed E-state index contributed by atoms with van der Waals surface area (Å²) in [4.78, 5) is 21.1. The molecule has 0 atom stereocenters. The molecule has 1 amide bonds. The van der Waals surface area contributed by atoms with Crippen LogP contribution in [-0.2, 0) is 4.79 Å². The molecule has 6 nitrogen and oxygen atoms in total. The van der Waals surface area contributed by atoms with Crippen molar-refractivity contribution in [1.82, 2.24) is 9.88 Å². The SMILES string of the molecule is Cc1ccccc1OCC(=O)Nc1ccc(N2CCN(C)CC2)nc1. The van der Waals surface area contributed by atoms with Crippen LogP contribution in [0.3, 0.4) is 0 Å². The fraction of sp³-hybridized carbons (Fsp3) is 0.368. The Hall–Kier alpha value is -2.60. The largest absolute Gasteiger partial charge is 0.483 e. The summed E-state index contributed by atoms with van der Waals surface area (Å²) in [5.41, 5.74) is 1.68. The number of benzene rings is 1. The maximum Gasteiger partial charge on any atom is 0.262 e. The van der Waals surface area contributed by atoms with Gasteiger partial charge in [0.25, 0.3) is 5.91 Å². The molecule has 2 heterocycles. The Balaban J connectivity index is 1.51. The number of piperazine rings is 1. The minimum atomic E-state index is -0.197. The molecule has 1 N–H and O–H groups in total. The smallest absolute Gasteiger partial charge is 0.262 e. The van der Waals surface area contributed by atoms with Crippen LogP contribution in [0.15, 0.2) is 42.6 Å². The lowest BCUT2D eigenvalue weighted by Crippen LogP contribution is -2.44. The first kappa shape index (κ1) is 17.2. The maximum atomic E-state index is 12.0. The molecule has 1 fully saturated rings. The molecule has 0 aliphatic carbocycles. The summed E-state index contributed by atoms with van der Waals surface area (Å²) in [6.45, 7) is 5.95. The van der Waals surface area contributed by atoms with Crippen LogP contribution in [0.25, 0.3) is 0 Å². The van der Waals surface area contributed by atoms with Crippen molar-refractivity contribution in [2.75, 3.05) is 50.1 Å². The zero-order valence-corrected chi connectivity index (χ0v) is 14.7. The van der Waals surface area contributed by atoms with Crippen molar-refractivity contribution in [3.63, 3.8) is 0 Å². The van der Waals surface area contributed by atoms with Gasteiger partial charge in [-0.25, -0.2) is 4.98 Å². The molecule has 0 unspecified atom stereocenters. The number of anilines is 2. The Labute approximate surface area is 148 Å². The van der Waals surface area contributed by atoms with E-state index < -0.39 is 0 Å². The van der Waals surface area contributed by atoms with Gasteiger partial charge >= 0.3 is 0 Å². The number of hydrogen-bond donors (Lipinski definition) is 1. The highest BCUT2D eigenvalue weighted by atomic mass is 16.5. The minimum absolute atomic E-state index is 0.0228. The lowest BCUT2D eigenvalue weighted by molar-refractivity contribution is -0.118. The van der Waals surface area contributed by atoms with Gasteiger partial charge in [0.2, 0.25) is 0 Å². The molecule has 1 saturated heterocycles. The van der Waals surface area contributed by atoms with Crippen LogP contribution in [0.2, 0.25) is 0 Å². The van der Waals surface area contributed by atoms with Crippen molar-refractivity contribution in [3.05, 3.63) is 48.2 Å². The summed E-state index contributed by atoms with van der Waals surface area (Å²) < 4.78 is 5.55. The molecule has 1 aliphatic rings. The molecule has 0 bridgehead atoms. The van der Waals surface area contributed by atoms with E-state index in [-0.39, 0.29) is 12.5 Å². The topological polar surface area (TPSA) is 57.7 Å². The second kappa shape index (κ2) is 7.98. The van der Waals surface area contributed by atoms with Gasteiger partial charge in [-0.15, -0.1) is 0 Å². The van der Waals surface area contributed by atoms with Crippen LogP contribution in [-0.4, -0.2) is 55.6 Å². The second-order valence-electron chi connectivity index (χ2n) is 6.30. The van der Waals surface area contributed by atoms with E-state index in [0.717, 1.165) is 43.3 Å². The van der Waals surface area contributed by atoms with Gasteiger partial charge in [0.05, 0.1) is 11.9 Å². The van der Waals surface area contributed by atoms with Crippen LogP contribution < -0.4 is 15.0 Å². The number of pyridine rings is 1. The summed E-state index contributed by atoms with van der Waals surface area (Å²) in [6.07, 6.45) is 1.69. The summed E-state index contributed by atoms with van der Waals surface area (Å²) in [5.74, 6) is 1.47. The summed E-state index contributed by atoms with van der Waals surface area (Å²) >= 11 is 0. The van der Waals surface area contributed by atoms with E-state index in [4.69, 9.17) is 4.74 Å². The molecular formula is C19H24N4O2. The number of aryl methyl sites for hydroxylation is 1. The van der Waals surface area contributed by atoms with Crippen LogP contribution in [0.4, 0.5) is 11.5 Å². The molecule has 1 aromatic carbocycles. The number of likely N-dealkylation sites (N-methyl/N-ethyl adjacent to an activating group) is 1. The first-order valence-electron chi connectivity index (χ1n) is 8.49. The van der Waals surface area contributed by atoms with Crippen molar-refractivity contribution in [1.29, 1.82) is 0 Å². The predicted molar refractivity (Wildman–Crippen MR) is 99.3 cm³/mol. The van der Waals surface area contributed by atoms with Gasteiger partial charge in [-0.3, -0.25) is 4.79 Å². The van der Waals surface area contributed by atoms with E-state index >= 15 is 0 Å². The molecule has 6 heteroatoms. The molecule has 25 heavy (non-hydrogen) atoms. The summed E-state index contributed by atoms with van der Waals surface area (Å²) in [6, 6.07) is 11.5. The molecule has 132 valence electrons. The number of aromatic nitrogens is 1. The third-order valence-corrected chi connectivity index (χ3v) is 4.31. The van der Waals surface area contributed by atoms with Crippen LogP contribution >= 0.6 is 0 Å². The monoisotopic (exact) mass is 340 g/mol. The Morgan fingerprint density at radius 1 is 1.16 bits per heavy atom. The highest BCUT2D eigenvalue weighted by Crippen LogP contribution is 2.17. The Bertz CT molecular complexity index is 710. The minimum Gasteiger partial charge on any atom is -0.483 e. The Kier molecular flexibility index (Phi) is 5.50. The Morgan fingerprint density at radius 2 is 1.92 bits per heavy atom. The van der Waals surface area contributed by atoms with Gasteiger partial charge in [-0.1, -0.05) is 18.2 Å². The third-order valence-electron chi connectivity index (χ3n) is 4.31. The van der Waals surface area contributed by atoms with E-state index in [2.05, 4.69) is 27.1 Å². The van der Waals surface area contributed by atoms with E-state index in [9.17, 15) is 4.79 Å². The molecule has 1 aromatic heterocycles. The number of hydrogen-bond acceptors (Lipinski definition) is 5. The number of para-hydroxylation sites is 1. The van der Waals surface area contributed by atoms with Gasteiger partial charge < -0.3 is 19.9 Å². The lowest BCUT2D eigenvalue weighted by atomic mass is 10.2. The molecule has 0 saturated carbocycles. The number of amides is 1. The quantitative estimate of drug-likeness (QED) is 0.904. The zero-order valence-electron chi connectivity index (χ0n) is 14.7. The highest BCUT2D eigenvalue weighted by molar-refractivity contribution is 5.91. The number of carbonyl (C=O) groups is 1. The normalized spacial score (nSPS) is 15.0. The van der Waals surface area contributed by atoms with Gasteiger partial charge in [-0.2, -0.15) is 0 Å². The van der Waals surface area contributed by atoms with Gasteiger partial charge in [0.15, 0.2) is 6.61 Å². The van der Waals surface area contributed by atoms with E-state index in [1.807, 2.05) is 43.3 Å². The van der Waals surface area contributed by atoms with Gasteiger partial charge in [-0.05, 0) is 37.7 Å². The molecule has 0 radical (unpaired) electrons. The fourth-order valence-corrected chi connectivity index (χ4v) is 2.74.